The first-order valence-corrected chi connectivity index (χ1v) is 10.1. The van der Waals surface area contributed by atoms with Crippen LogP contribution in [0.3, 0.4) is 0 Å². The van der Waals surface area contributed by atoms with Crippen LogP contribution in [0.4, 0.5) is 9.52 Å². The standard InChI is InChI=1S/C12H13ClFN5O7S2/c1-26-18-8(5-4-27-12(15-5)16-7(20)2-13)10(21)17-9-6(3-14)19(11(9)22)28(23,24)25/h4,6,9H,2-3H2,1H3,(H,17,21)(H,15,16,20)(H,23,24,25)/b18-8-/t6-,9+/m0/s1. The largest absolute Gasteiger partial charge is 0.398 e. The van der Waals surface area contributed by atoms with E-state index in [9.17, 15) is 27.2 Å². The van der Waals surface area contributed by atoms with Crippen molar-refractivity contribution in [3.05, 3.63) is 11.1 Å². The molecule has 1 aromatic rings. The monoisotopic (exact) mass is 457 g/mol. The van der Waals surface area contributed by atoms with E-state index in [4.69, 9.17) is 16.2 Å². The fraction of sp³-hybridized carbons (Fsp3) is 0.417. The second-order valence-electron chi connectivity index (χ2n) is 5.13. The average Bonchev–Trinajstić information content (AvgIpc) is 3.08. The Morgan fingerprint density at radius 2 is 2.21 bits per heavy atom. The normalized spacial score (nSPS) is 19.8. The average molecular weight is 458 g/mol. The number of anilines is 1. The Bertz CT molecular complexity index is 921. The highest BCUT2D eigenvalue weighted by molar-refractivity contribution is 7.84. The number of amides is 3. The topological polar surface area (TPSA) is 167 Å². The predicted molar refractivity (Wildman–Crippen MR) is 95.1 cm³/mol. The number of hydrogen-bond donors (Lipinski definition) is 3. The van der Waals surface area contributed by atoms with E-state index >= 15 is 0 Å². The highest BCUT2D eigenvalue weighted by Gasteiger charge is 2.54. The van der Waals surface area contributed by atoms with Crippen LogP contribution in [-0.2, 0) is 29.5 Å². The van der Waals surface area contributed by atoms with E-state index in [-0.39, 0.29) is 21.0 Å². The molecule has 16 heteroatoms. The first kappa shape index (κ1) is 21.9. The van der Waals surface area contributed by atoms with Gasteiger partial charge in [-0.15, -0.1) is 22.9 Å². The molecular formula is C12H13ClFN5O7S2. The number of thiazole rings is 1. The molecule has 1 aliphatic heterocycles. The highest BCUT2D eigenvalue weighted by atomic mass is 35.5. The maximum Gasteiger partial charge on any atom is 0.362 e. The van der Waals surface area contributed by atoms with Crippen molar-refractivity contribution in [1.29, 1.82) is 0 Å². The Labute approximate surface area is 166 Å². The lowest BCUT2D eigenvalue weighted by atomic mass is 10.00. The van der Waals surface area contributed by atoms with Crippen molar-refractivity contribution >= 4 is 61.8 Å². The van der Waals surface area contributed by atoms with Gasteiger partial charge < -0.3 is 15.5 Å². The molecule has 0 radical (unpaired) electrons. The van der Waals surface area contributed by atoms with Crippen LogP contribution in [0, 0.1) is 0 Å². The summed E-state index contributed by atoms with van der Waals surface area (Å²) in [5.41, 5.74) is -0.453. The number of alkyl halides is 2. The fourth-order valence-electron chi connectivity index (χ4n) is 2.21. The van der Waals surface area contributed by atoms with E-state index < -0.39 is 52.5 Å². The third-order valence-electron chi connectivity index (χ3n) is 3.37. The van der Waals surface area contributed by atoms with Crippen LogP contribution in [0.15, 0.2) is 10.5 Å². The van der Waals surface area contributed by atoms with Crippen LogP contribution in [0.1, 0.15) is 5.69 Å². The number of oxime groups is 1. The number of nitrogens with one attached hydrogen (secondary N) is 2. The van der Waals surface area contributed by atoms with Crippen LogP contribution in [-0.4, -0.2) is 77.4 Å². The third kappa shape index (κ3) is 4.54. The Balaban J connectivity index is 2.17. The molecule has 0 spiro atoms. The highest BCUT2D eigenvalue weighted by Crippen LogP contribution is 2.24. The second kappa shape index (κ2) is 8.76. The van der Waals surface area contributed by atoms with Crippen LogP contribution in [0.2, 0.25) is 0 Å². The van der Waals surface area contributed by atoms with Crippen molar-refractivity contribution in [2.45, 2.75) is 12.1 Å². The van der Waals surface area contributed by atoms with Gasteiger partial charge in [0.2, 0.25) is 5.91 Å². The summed E-state index contributed by atoms with van der Waals surface area (Å²) < 4.78 is 44.1. The number of rotatable bonds is 8. The van der Waals surface area contributed by atoms with E-state index in [2.05, 4.69) is 25.6 Å². The zero-order valence-corrected chi connectivity index (χ0v) is 16.3. The van der Waals surface area contributed by atoms with Gasteiger partial charge >= 0.3 is 10.3 Å². The van der Waals surface area contributed by atoms with E-state index in [1.807, 2.05) is 0 Å². The summed E-state index contributed by atoms with van der Waals surface area (Å²) in [6, 6.07) is -3.15. The lowest BCUT2D eigenvalue weighted by Gasteiger charge is -2.42. The van der Waals surface area contributed by atoms with Crippen molar-refractivity contribution in [3.63, 3.8) is 0 Å². The molecule has 3 N–H and O–H groups in total. The SMILES string of the molecule is CO/N=C(\C(=O)N[C@H]1C(=O)N(S(=O)(=O)O)[C@H]1CF)c1csc(NC(=O)CCl)n1. The van der Waals surface area contributed by atoms with Crippen molar-refractivity contribution in [3.8, 4) is 0 Å². The minimum Gasteiger partial charge on any atom is -0.398 e. The number of hydrogen-bond acceptors (Lipinski definition) is 9. The molecule has 154 valence electrons. The fourth-order valence-corrected chi connectivity index (χ4v) is 3.85. The summed E-state index contributed by atoms with van der Waals surface area (Å²) >= 11 is 6.31. The molecule has 3 amide bonds. The van der Waals surface area contributed by atoms with Gasteiger partial charge in [-0.25, -0.2) is 13.7 Å². The Morgan fingerprint density at radius 3 is 2.75 bits per heavy atom. The molecule has 1 fully saturated rings. The lowest BCUT2D eigenvalue weighted by Crippen LogP contribution is -2.73. The van der Waals surface area contributed by atoms with E-state index in [0.29, 0.717) is 0 Å². The zero-order valence-electron chi connectivity index (χ0n) is 14.0. The quantitative estimate of drug-likeness (QED) is 0.149. The molecule has 2 atom stereocenters. The first-order valence-electron chi connectivity index (χ1n) is 7.24. The van der Waals surface area contributed by atoms with Gasteiger partial charge in [-0.1, -0.05) is 5.16 Å². The number of β-lactam (4-membered cyclic amide) rings is 1. The molecular weight excluding hydrogens is 445 g/mol. The minimum atomic E-state index is -4.96. The molecule has 28 heavy (non-hydrogen) atoms. The Hall–Kier alpha value is -2.36. The molecule has 1 aromatic heterocycles. The van der Waals surface area contributed by atoms with E-state index in [1.54, 1.807) is 0 Å². The van der Waals surface area contributed by atoms with Gasteiger partial charge in [-0.3, -0.25) is 18.9 Å². The molecule has 0 bridgehead atoms. The van der Waals surface area contributed by atoms with Gasteiger partial charge in [0.05, 0.1) is 0 Å². The lowest BCUT2D eigenvalue weighted by molar-refractivity contribution is -0.145. The minimum absolute atomic E-state index is 0.0376. The summed E-state index contributed by atoms with van der Waals surface area (Å²) in [5, 5.41) is 9.42. The van der Waals surface area contributed by atoms with Crippen molar-refractivity contribution in [2.24, 2.45) is 5.16 Å². The summed E-state index contributed by atoms with van der Waals surface area (Å²) in [4.78, 5) is 44.0. The molecule has 0 aromatic carbocycles. The number of carbonyl (C=O) groups excluding carboxylic acids is 3. The van der Waals surface area contributed by atoms with E-state index in [1.165, 1.54) is 5.38 Å². The summed E-state index contributed by atoms with van der Waals surface area (Å²) in [6.07, 6.45) is 0. The maximum absolute atomic E-state index is 13.1. The van der Waals surface area contributed by atoms with Gasteiger partial charge in [0.25, 0.3) is 11.8 Å². The number of halogens is 2. The van der Waals surface area contributed by atoms with Crippen LogP contribution in [0.5, 0.6) is 0 Å². The molecule has 2 rings (SSSR count). The van der Waals surface area contributed by atoms with Crippen LogP contribution in [0.25, 0.3) is 0 Å². The van der Waals surface area contributed by atoms with Crippen LogP contribution < -0.4 is 10.6 Å². The molecule has 0 unspecified atom stereocenters. The predicted octanol–water partition coefficient (Wildman–Crippen LogP) is -0.861. The van der Waals surface area contributed by atoms with Crippen LogP contribution >= 0.6 is 22.9 Å². The zero-order chi connectivity index (χ0) is 21.1. The molecule has 0 aliphatic carbocycles. The van der Waals surface area contributed by atoms with Crippen molar-refractivity contribution in [1.82, 2.24) is 14.6 Å². The van der Waals surface area contributed by atoms with Gasteiger partial charge in [0.15, 0.2) is 10.8 Å². The summed E-state index contributed by atoms with van der Waals surface area (Å²) in [7, 11) is -3.83. The summed E-state index contributed by atoms with van der Waals surface area (Å²) in [6.45, 7) is -1.33. The van der Waals surface area contributed by atoms with Crippen molar-refractivity contribution < 1.29 is 36.6 Å². The smallest absolute Gasteiger partial charge is 0.362 e. The van der Waals surface area contributed by atoms with Gasteiger partial charge in [-0.2, -0.15) is 8.42 Å². The van der Waals surface area contributed by atoms with E-state index in [0.717, 1.165) is 18.4 Å². The van der Waals surface area contributed by atoms with Crippen molar-refractivity contribution in [2.75, 3.05) is 25.0 Å². The Kier molecular flexibility index (Phi) is 6.87. The molecule has 2 heterocycles. The number of carbonyl (C=O) groups is 3. The second-order valence-corrected chi connectivity index (χ2v) is 7.54. The Morgan fingerprint density at radius 1 is 1.54 bits per heavy atom. The van der Waals surface area contributed by atoms with Gasteiger partial charge in [0.1, 0.15) is 37.4 Å². The molecule has 12 nitrogen and oxygen atoms in total. The first-order chi connectivity index (χ1) is 13.1. The molecule has 1 aliphatic rings. The summed E-state index contributed by atoms with van der Waals surface area (Å²) in [5.74, 6) is -3.08. The number of nitrogens with zero attached hydrogens (tertiary/aromatic N) is 3. The molecule has 0 saturated carbocycles. The third-order valence-corrected chi connectivity index (χ3v) is 5.32. The van der Waals surface area contributed by atoms with Gasteiger partial charge in [-0.05, 0) is 0 Å². The maximum atomic E-state index is 13.1. The molecule has 1 saturated heterocycles. The number of aromatic nitrogens is 1. The van der Waals surface area contributed by atoms with Gasteiger partial charge in [0, 0.05) is 5.38 Å².